The van der Waals surface area contributed by atoms with Crippen molar-refractivity contribution in [3.8, 4) is 5.75 Å². The monoisotopic (exact) mass is 445 g/mol. The van der Waals surface area contributed by atoms with Crippen LogP contribution >= 0.6 is 0 Å². The maximum atomic E-state index is 13.6. The topological polar surface area (TPSA) is 102 Å². The Bertz CT molecular complexity index is 1230. The summed E-state index contributed by atoms with van der Waals surface area (Å²) in [5.41, 5.74) is 1.61. The molecule has 0 radical (unpaired) electrons. The number of hydrogen-bond donors (Lipinski definition) is 0. The largest absolute Gasteiger partial charge is 0.497 e. The number of fused-ring (bicyclic) bond motifs is 1. The maximum Gasteiger partial charge on any atom is 0.269 e. The number of hydroxylamine groups is 1. The van der Waals surface area contributed by atoms with E-state index in [0.717, 1.165) is 10.5 Å². The number of anilines is 2. The summed E-state index contributed by atoms with van der Waals surface area (Å²) in [5, 5.41) is 12.6. The zero-order valence-corrected chi connectivity index (χ0v) is 17.5. The second-order valence-corrected chi connectivity index (χ2v) is 7.72. The molecule has 2 heterocycles. The first-order valence-corrected chi connectivity index (χ1v) is 10.3. The van der Waals surface area contributed by atoms with Gasteiger partial charge in [-0.05, 0) is 42.0 Å². The maximum absolute atomic E-state index is 13.6. The van der Waals surface area contributed by atoms with Crippen LogP contribution in [0, 0.1) is 16.0 Å². The highest BCUT2D eigenvalue weighted by Gasteiger charge is 2.60. The highest BCUT2D eigenvalue weighted by molar-refractivity contribution is 6.24. The van der Waals surface area contributed by atoms with E-state index in [2.05, 4.69) is 0 Å². The Balaban J connectivity index is 1.56. The Morgan fingerprint density at radius 1 is 0.909 bits per heavy atom. The number of nitro groups is 1. The SMILES string of the molecule is COc1cccc([C@H]2[C@H]3C(=O)N(c4ccc([N+](=O)[O-])cc4)C(=O)[C@H]3ON2c2ccccc2)c1. The van der Waals surface area contributed by atoms with Crippen LogP contribution < -0.4 is 14.7 Å². The van der Waals surface area contributed by atoms with E-state index in [9.17, 15) is 19.7 Å². The Morgan fingerprint density at radius 2 is 1.64 bits per heavy atom. The Kier molecular flexibility index (Phi) is 5.02. The summed E-state index contributed by atoms with van der Waals surface area (Å²) in [6.07, 6.45) is -1.02. The van der Waals surface area contributed by atoms with Crippen LogP contribution in [0.2, 0.25) is 0 Å². The third-order valence-electron chi connectivity index (χ3n) is 5.88. The van der Waals surface area contributed by atoms with Gasteiger partial charge in [0.05, 0.1) is 29.4 Å². The molecule has 9 nitrogen and oxygen atoms in total. The normalized spacial score (nSPS) is 21.9. The molecule has 9 heteroatoms. The van der Waals surface area contributed by atoms with Gasteiger partial charge in [0.15, 0.2) is 6.10 Å². The van der Waals surface area contributed by atoms with Crippen LogP contribution in [0.25, 0.3) is 0 Å². The number of imide groups is 1. The Labute approximate surface area is 188 Å². The Morgan fingerprint density at radius 3 is 2.30 bits per heavy atom. The first kappa shape index (κ1) is 20.7. The van der Waals surface area contributed by atoms with E-state index >= 15 is 0 Å². The van der Waals surface area contributed by atoms with Crippen LogP contribution in [0.15, 0.2) is 78.9 Å². The number of rotatable bonds is 5. The standard InChI is InChI=1S/C24H19N3O6/c1-32-19-9-5-6-15(14-19)21-20-22(33-26(21)17-7-3-2-4-8-17)24(29)25(23(20)28)16-10-12-18(13-11-16)27(30)31/h2-14,20-22H,1H3/t20-,21+,22+/m1/s1. The number of carbonyl (C=O) groups is 2. The summed E-state index contributed by atoms with van der Waals surface area (Å²) in [6.45, 7) is 0. The second kappa shape index (κ2) is 8.03. The van der Waals surface area contributed by atoms with Gasteiger partial charge < -0.3 is 4.74 Å². The van der Waals surface area contributed by atoms with Crippen molar-refractivity contribution in [2.24, 2.45) is 5.92 Å². The van der Waals surface area contributed by atoms with Crippen molar-refractivity contribution in [3.63, 3.8) is 0 Å². The molecular formula is C24H19N3O6. The van der Waals surface area contributed by atoms with Gasteiger partial charge in [-0.2, -0.15) is 0 Å². The number of ether oxygens (including phenoxy) is 1. The van der Waals surface area contributed by atoms with Crippen LogP contribution in [0.4, 0.5) is 17.1 Å². The van der Waals surface area contributed by atoms with Gasteiger partial charge in [-0.25, -0.2) is 9.96 Å². The van der Waals surface area contributed by atoms with E-state index in [1.807, 2.05) is 48.5 Å². The molecule has 166 valence electrons. The summed E-state index contributed by atoms with van der Waals surface area (Å²) in [5.74, 6) is -1.12. The first-order chi connectivity index (χ1) is 16.0. The number of hydrogen-bond acceptors (Lipinski definition) is 7. The van der Waals surface area contributed by atoms with Crippen molar-refractivity contribution in [1.29, 1.82) is 0 Å². The molecule has 0 saturated carbocycles. The molecule has 0 aliphatic carbocycles. The van der Waals surface area contributed by atoms with Gasteiger partial charge in [0.25, 0.3) is 11.6 Å². The lowest BCUT2D eigenvalue weighted by Gasteiger charge is -2.29. The van der Waals surface area contributed by atoms with Crippen LogP contribution in [-0.4, -0.2) is 30.0 Å². The number of amides is 2. The quantitative estimate of drug-likeness (QED) is 0.336. The van der Waals surface area contributed by atoms with E-state index in [1.54, 1.807) is 18.2 Å². The van der Waals surface area contributed by atoms with Crippen LogP contribution in [-0.2, 0) is 14.4 Å². The molecule has 0 spiro atoms. The van der Waals surface area contributed by atoms with Crippen molar-refractivity contribution in [2.45, 2.75) is 12.1 Å². The zero-order valence-electron chi connectivity index (χ0n) is 17.5. The average Bonchev–Trinajstić information content (AvgIpc) is 3.35. The van der Waals surface area contributed by atoms with Gasteiger partial charge in [0.2, 0.25) is 5.91 Å². The minimum absolute atomic E-state index is 0.126. The predicted octanol–water partition coefficient (Wildman–Crippen LogP) is 3.65. The molecule has 33 heavy (non-hydrogen) atoms. The highest BCUT2D eigenvalue weighted by atomic mass is 16.7. The summed E-state index contributed by atoms with van der Waals surface area (Å²) in [4.78, 5) is 44.4. The first-order valence-electron chi connectivity index (χ1n) is 10.3. The van der Waals surface area contributed by atoms with Crippen molar-refractivity contribution in [3.05, 3.63) is 94.5 Å². The second-order valence-electron chi connectivity index (χ2n) is 7.72. The summed E-state index contributed by atoms with van der Waals surface area (Å²) < 4.78 is 5.36. The average molecular weight is 445 g/mol. The lowest BCUT2D eigenvalue weighted by molar-refractivity contribution is -0.384. The third kappa shape index (κ3) is 3.39. The lowest BCUT2D eigenvalue weighted by Crippen LogP contribution is -2.37. The molecule has 2 fully saturated rings. The predicted molar refractivity (Wildman–Crippen MR) is 119 cm³/mol. The number of carbonyl (C=O) groups excluding carboxylic acids is 2. The van der Waals surface area contributed by atoms with Gasteiger partial charge in [-0.1, -0.05) is 30.3 Å². The molecule has 2 aliphatic heterocycles. The smallest absolute Gasteiger partial charge is 0.269 e. The van der Waals surface area contributed by atoms with E-state index in [4.69, 9.17) is 9.57 Å². The highest BCUT2D eigenvalue weighted by Crippen LogP contribution is 2.48. The fourth-order valence-electron chi connectivity index (χ4n) is 4.36. The molecule has 0 aromatic heterocycles. The summed E-state index contributed by atoms with van der Waals surface area (Å²) in [6, 6.07) is 21.3. The number of benzene rings is 3. The van der Waals surface area contributed by atoms with Crippen LogP contribution in [0.1, 0.15) is 11.6 Å². The molecule has 3 aromatic carbocycles. The molecule has 2 aliphatic rings. The van der Waals surface area contributed by atoms with Crippen molar-refractivity contribution in [1.82, 2.24) is 0 Å². The van der Waals surface area contributed by atoms with Crippen LogP contribution in [0.3, 0.4) is 0 Å². The fourth-order valence-corrected chi connectivity index (χ4v) is 4.36. The molecule has 3 atom stereocenters. The minimum atomic E-state index is -1.02. The van der Waals surface area contributed by atoms with Crippen LogP contribution in [0.5, 0.6) is 5.75 Å². The minimum Gasteiger partial charge on any atom is -0.497 e. The Hall–Kier alpha value is -4.24. The molecule has 0 N–H and O–H groups in total. The van der Waals surface area contributed by atoms with E-state index < -0.39 is 34.8 Å². The van der Waals surface area contributed by atoms with Crippen molar-refractivity contribution < 1.29 is 24.1 Å². The molecule has 2 amide bonds. The van der Waals surface area contributed by atoms with Gasteiger partial charge in [-0.3, -0.25) is 24.5 Å². The van der Waals surface area contributed by atoms with Crippen molar-refractivity contribution >= 4 is 28.9 Å². The van der Waals surface area contributed by atoms with E-state index in [0.29, 0.717) is 11.4 Å². The number of nitrogens with zero attached hydrogens (tertiary/aromatic N) is 3. The van der Waals surface area contributed by atoms with E-state index in [-0.39, 0.29) is 11.4 Å². The van der Waals surface area contributed by atoms with Gasteiger partial charge in [0, 0.05) is 12.1 Å². The lowest BCUT2D eigenvalue weighted by atomic mass is 9.90. The number of para-hydroxylation sites is 1. The molecule has 2 saturated heterocycles. The van der Waals surface area contributed by atoms with Gasteiger partial charge >= 0.3 is 0 Å². The van der Waals surface area contributed by atoms with Gasteiger partial charge in [-0.15, -0.1) is 0 Å². The zero-order chi connectivity index (χ0) is 23.1. The van der Waals surface area contributed by atoms with E-state index in [1.165, 1.54) is 24.3 Å². The molecule has 0 bridgehead atoms. The summed E-state index contributed by atoms with van der Waals surface area (Å²) in [7, 11) is 1.56. The van der Waals surface area contributed by atoms with Gasteiger partial charge in [0.1, 0.15) is 11.7 Å². The van der Waals surface area contributed by atoms with Crippen molar-refractivity contribution in [2.75, 3.05) is 17.1 Å². The number of methoxy groups -OCH3 is 1. The number of nitro benzene ring substituents is 1. The molecular weight excluding hydrogens is 426 g/mol. The third-order valence-corrected chi connectivity index (χ3v) is 5.88. The fraction of sp³-hybridized carbons (Fsp3) is 0.167. The molecule has 5 rings (SSSR count). The molecule has 3 aromatic rings. The molecule has 0 unspecified atom stereocenters. The number of non-ortho nitro benzene ring substituents is 1. The summed E-state index contributed by atoms with van der Waals surface area (Å²) >= 11 is 0.